The van der Waals surface area contributed by atoms with E-state index >= 15 is 0 Å². The van der Waals surface area contributed by atoms with Gasteiger partial charge in [0.25, 0.3) is 10.0 Å². The van der Waals surface area contributed by atoms with E-state index in [1.54, 1.807) is 19.1 Å². The average Bonchev–Trinajstić information content (AvgIpc) is 2.58. The molecule has 0 N–H and O–H groups in total. The van der Waals surface area contributed by atoms with Gasteiger partial charge in [-0.15, -0.1) is 0 Å². The van der Waals surface area contributed by atoms with Crippen molar-refractivity contribution in [3.05, 3.63) is 72.3 Å². The molecule has 0 spiro atoms. The lowest BCUT2D eigenvalue weighted by atomic mass is 10.1. The van der Waals surface area contributed by atoms with Crippen molar-refractivity contribution < 1.29 is 17.2 Å². The molecule has 0 heterocycles. The molecule has 0 aromatic heterocycles. The molecule has 6 heteroatoms. The summed E-state index contributed by atoms with van der Waals surface area (Å²) in [5, 5.41) is 1.67. The fourth-order valence-electron chi connectivity index (χ4n) is 2.66. The summed E-state index contributed by atoms with van der Waals surface area (Å²) in [6, 6.07) is 15.3. The van der Waals surface area contributed by atoms with Crippen molar-refractivity contribution in [3.63, 3.8) is 0 Å². The second-order valence-electron chi connectivity index (χ2n) is 5.24. The van der Waals surface area contributed by atoms with E-state index in [1.807, 2.05) is 30.3 Å². The SMILES string of the molecule is CCN(c1cccc2ccccc12)S(=O)(=O)c1ccc(F)c(F)c1. The van der Waals surface area contributed by atoms with Gasteiger partial charge in [0, 0.05) is 11.9 Å². The molecule has 3 aromatic rings. The van der Waals surface area contributed by atoms with E-state index in [0.717, 1.165) is 22.9 Å². The van der Waals surface area contributed by atoms with Crippen LogP contribution in [-0.4, -0.2) is 15.0 Å². The van der Waals surface area contributed by atoms with Crippen molar-refractivity contribution >= 4 is 26.5 Å². The summed E-state index contributed by atoms with van der Waals surface area (Å²) >= 11 is 0. The largest absolute Gasteiger partial charge is 0.266 e. The van der Waals surface area contributed by atoms with Gasteiger partial charge in [0.15, 0.2) is 11.6 Å². The Balaban J connectivity index is 2.18. The molecule has 3 aromatic carbocycles. The number of sulfonamides is 1. The number of benzene rings is 3. The number of hydrogen-bond donors (Lipinski definition) is 0. The van der Waals surface area contributed by atoms with Crippen LogP contribution in [0.3, 0.4) is 0 Å². The lowest BCUT2D eigenvalue weighted by molar-refractivity contribution is 0.504. The Morgan fingerprint density at radius 2 is 1.62 bits per heavy atom. The third kappa shape index (κ3) is 2.73. The second-order valence-corrected chi connectivity index (χ2v) is 7.11. The Hall–Kier alpha value is -2.47. The molecule has 0 saturated carbocycles. The van der Waals surface area contributed by atoms with Gasteiger partial charge in [-0.2, -0.15) is 0 Å². The predicted molar refractivity (Wildman–Crippen MR) is 90.5 cm³/mol. The summed E-state index contributed by atoms with van der Waals surface area (Å²) in [7, 11) is -4.01. The van der Waals surface area contributed by atoms with Crippen molar-refractivity contribution in [2.75, 3.05) is 10.8 Å². The van der Waals surface area contributed by atoms with Gasteiger partial charge in [-0.1, -0.05) is 36.4 Å². The third-order valence-corrected chi connectivity index (χ3v) is 5.69. The molecular weight excluding hydrogens is 332 g/mol. The minimum absolute atomic E-state index is 0.162. The van der Waals surface area contributed by atoms with E-state index < -0.39 is 21.7 Å². The molecule has 124 valence electrons. The van der Waals surface area contributed by atoms with Crippen LogP contribution in [0.25, 0.3) is 10.8 Å². The molecule has 3 rings (SSSR count). The number of halogens is 2. The first-order valence-electron chi connectivity index (χ1n) is 7.40. The minimum atomic E-state index is -4.01. The molecule has 0 aliphatic rings. The molecule has 24 heavy (non-hydrogen) atoms. The van der Waals surface area contributed by atoms with Crippen molar-refractivity contribution in [3.8, 4) is 0 Å². The van der Waals surface area contributed by atoms with Gasteiger partial charge < -0.3 is 0 Å². The molecular formula is C18H15F2NO2S. The van der Waals surface area contributed by atoms with Gasteiger partial charge in [-0.05, 0) is 36.6 Å². The molecule has 0 fully saturated rings. The molecule has 0 aliphatic carbocycles. The van der Waals surface area contributed by atoms with Gasteiger partial charge in [-0.25, -0.2) is 17.2 Å². The van der Waals surface area contributed by atoms with Crippen LogP contribution in [-0.2, 0) is 10.0 Å². The van der Waals surface area contributed by atoms with Gasteiger partial charge in [0.1, 0.15) is 0 Å². The van der Waals surface area contributed by atoms with Crippen LogP contribution >= 0.6 is 0 Å². The van der Waals surface area contributed by atoms with E-state index in [0.29, 0.717) is 11.8 Å². The highest BCUT2D eigenvalue weighted by Crippen LogP contribution is 2.31. The fraction of sp³-hybridized carbons (Fsp3) is 0.111. The maximum atomic E-state index is 13.5. The topological polar surface area (TPSA) is 37.4 Å². The molecule has 0 aliphatic heterocycles. The zero-order chi connectivity index (χ0) is 17.3. The van der Waals surface area contributed by atoms with Crippen molar-refractivity contribution in [1.29, 1.82) is 0 Å². The molecule has 0 saturated heterocycles. The van der Waals surface area contributed by atoms with Gasteiger partial charge in [0.05, 0.1) is 10.6 Å². The van der Waals surface area contributed by atoms with E-state index in [1.165, 1.54) is 4.31 Å². The number of rotatable bonds is 4. The van der Waals surface area contributed by atoms with Crippen molar-refractivity contribution in [2.45, 2.75) is 11.8 Å². The number of nitrogens with zero attached hydrogens (tertiary/aromatic N) is 1. The van der Waals surface area contributed by atoms with Gasteiger partial charge >= 0.3 is 0 Å². The van der Waals surface area contributed by atoms with E-state index in [4.69, 9.17) is 0 Å². The summed E-state index contributed by atoms with van der Waals surface area (Å²) in [6.07, 6.45) is 0. The van der Waals surface area contributed by atoms with Crippen molar-refractivity contribution in [1.82, 2.24) is 0 Å². The first-order valence-corrected chi connectivity index (χ1v) is 8.84. The number of hydrogen-bond acceptors (Lipinski definition) is 2. The minimum Gasteiger partial charge on any atom is -0.266 e. The Labute approximate surface area is 139 Å². The van der Waals surface area contributed by atoms with E-state index in [-0.39, 0.29) is 11.4 Å². The van der Waals surface area contributed by atoms with E-state index in [2.05, 4.69) is 0 Å². The molecule has 0 atom stereocenters. The maximum Gasteiger partial charge on any atom is 0.264 e. The fourth-order valence-corrected chi connectivity index (χ4v) is 4.17. The zero-order valence-electron chi connectivity index (χ0n) is 12.9. The summed E-state index contributed by atoms with van der Waals surface area (Å²) in [4.78, 5) is -0.281. The lowest BCUT2D eigenvalue weighted by Gasteiger charge is -2.24. The highest BCUT2D eigenvalue weighted by molar-refractivity contribution is 7.92. The maximum absolute atomic E-state index is 13.5. The highest BCUT2D eigenvalue weighted by atomic mass is 32.2. The lowest BCUT2D eigenvalue weighted by Crippen LogP contribution is -2.31. The Morgan fingerprint density at radius 1 is 0.917 bits per heavy atom. The monoisotopic (exact) mass is 347 g/mol. The van der Waals surface area contributed by atoms with Gasteiger partial charge in [0.2, 0.25) is 0 Å². The zero-order valence-corrected chi connectivity index (χ0v) is 13.7. The van der Waals surface area contributed by atoms with Crippen LogP contribution in [0.5, 0.6) is 0 Å². The Bertz CT molecular complexity index is 998. The highest BCUT2D eigenvalue weighted by Gasteiger charge is 2.25. The summed E-state index contributed by atoms with van der Waals surface area (Å²) in [5.74, 6) is -2.27. The molecule has 0 radical (unpaired) electrons. The quantitative estimate of drug-likeness (QED) is 0.704. The van der Waals surface area contributed by atoms with Crippen LogP contribution in [0.4, 0.5) is 14.5 Å². The van der Waals surface area contributed by atoms with Crippen LogP contribution in [0.1, 0.15) is 6.92 Å². The molecule has 0 amide bonds. The number of fused-ring (bicyclic) bond motifs is 1. The normalized spacial score (nSPS) is 11.6. The summed E-state index contributed by atoms with van der Waals surface area (Å²) in [5.41, 5.74) is 0.500. The Kier molecular flexibility index (Phi) is 4.24. The predicted octanol–water partition coefficient (Wildman–Crippen LogP) is 4.33. The summed E-state index contributed by atoms with van der Waals surface area (Å²) in [6.45, 7) is 1.86. The average molecular weight is 347 g/mol. The summed E-state index contributed by atoms with van der Waals surface area (Å²) < 4.78 is 53.6. The van der Waals surface area contributed by atoms with Gasteiger partial charge in [-0.3, -0.25) is 4.31 Å². The number of anilines is 1. The van der Waals surface area contributed by atoms with Crippen LogP contribution in [0.15, 0.2) is 65.6 Å². The smallest absolute Gasteiger partial charge is 0.264 e. The van der Waals surface area contributed by atoms with E-state index in [9.17, 15) is 17.2 Å². The standard InChI is InChI=1S/C18H15F2NO2S/c1-2-21(18-9-5-7-13-6-3-4-8-15(13)18)24(22,23)14-10-11-16(19)17(20)12-14/h3-12H,2H2,1H3. The molecule has 0 bridgehead atoms. The third-order valence-electron chi connectivity index (χ3n) is 3.80. The Morgan fingerprint density at radius 3 is 2.33 bits per heavy atom. The van der Waals surface area contributed by atoms with Crippen LogP contribution in [0, 0.1) is 11.6 Å². The van der Waals surface area contributed by atoms with Crippen LogP contribution < -0.4 is 4.31 Å². The second kappa shape index (κ2) is 6.20. The molecule has 3 nitrogen and oxygen atoms in total. The van der Waals surface area contributed by atoms with Crippen LogP contribution in [0.2, 0.25) is 0 Å². The first kappa shape index (κ1) is 16.4. The first-order chi connectivity index (χ1) is 11.4. The molecule has 0 unspecified atom stereocenters. The van der Waals surface area contributed by atoms with Crippen molar-refractivity contribution in [2.24, 2.45) is 0 Å².